The third-order valence-electron chi connectivity index (χ3n) is 5.79. The molecule has 1 fully saturated rings. The van der Waals surface area contributed by atoms with E-state index < -0.39 is 11.8 Å². The van der Waals surface area contributed by atoms with Crippen molar-refractivity contribution in [2.45, 2.75) is 39.3 Å². The first-order chi connectivity index (χ1) is 15.2. The number of amides is 1. The topological polar surface area (TPSA) is 66.9 Å². The van der Waals surface area contributed by atoms with Gasteiger partial charge in [0.1, 0.15) is 6.42 Å². The summed E-state index contributed by atoms with van der Waals surface area (Å²) in [5, 5.41) is 0.816. The van der Waals surface area contributed by atoms with Gasteiger partial charge >= 0.3 is 5.97 Å². The second-order valence-electron chi connectivity index (χ2n) is 7.75. The van der Waals surface area contributed by atoms with E-state index in [9.17, 15) is 14.4 Å². The van der Waals surface area contributed by atoms with E-state index in [1.165, 1.54) is 12.1 Å². The Morgan fingerprint density at radius 1 is 1.03 bits per heavy atom. The maximum atomic E-state index is 13.2. The normalized spacial score (nSPS) is 18.4. The number of ketones is 1. The van der Waals surface area contributed by atoms with Crippen molar-refractivity contribution in [3.63, 3.8) is 0 Å². The van der Waals surface area contributed by atoms with E-state index in [4.69, 9.17) is 27.9 Å². The number of halogens is 2. The monoisotopic (exact) mass is 476 g/mol. The van der Waals surface area contributed by atoms with E-state index in [0.717, 1.165) is 5.69 Å². The van der Waals surface area contributed by atoms with E-state index in [1.807, 2.05) is 36.1 Å². The summed E-state index contributed by atoms with van der Waals surface area (Å²) in [5.74, 6) is -1.19. The van der Waals surface area contributed by atoms with Crippen LogP contribution in [0.4, 0.5) is 5.69 Å². The molecular formula is C24H26Cl2N2O4. The molecule has 0 saturated carbocycles. The van der Waals surface area contributed by atoms with Gasteiger partial charge in [0.2, 0.25) is 0 Å². The predicted octanol–water partition coefficient (Wildman–Crippen LogP) is 4.87. The van der Waals surface area contributed by atoms with Gasteiger partial charge in [-0.25, -0.2) is 0 Å². The lowest BCUT2D eigenvalue weighted by Gasteiger charge is -2.46. The number of Topliss-reactive ketones (excluding diaryl/α,β-unsaturated/α-hetero) is 1. The zero-order chi connectivity index (χ0) is 23.4. The Morgan fingerprint density at radius 2 is 1.78 bits per heavy atom. The first-order valence-corrected chi connectivity index (χ1v) is 11.3. The molecule has 1 aliphatic heterocycles. The van der Waals surface area contributed by atoms with Crippen LogP contribution in [0.15, 0.2) is 42.5 Å². The second-order valence-corrected chi connectivity index (χ2v) is 8.60. The van der Waals surface area contributed by atoms with Crippen molar-refractivity contribution in [3.05, 3.63) is 63.6 Å². The van der Waals surface area contributed by atoms with Gasteiger partial charge in [-0.3, -0.25) is 14.4 Å². The van der Waals surface area contributed by atoms with Gasteiger partial charge in [0.15, 0.2) is 5.78 Å². The van der Waals surface area contributed by atoms with Gasteiger partial charge in [-0.1, -0.05) is 29.3 Å². The molecule has 3 rings (SSSR count). The van der Waals surface area contributed by atoms with Crippen molar-refractivity contribution in [2.24, 2.45) is 0 Å². The Bertz CT molecular complexity index is 1030. The van der Waals surface area contributed by atoms with E-state index in [-0.39, 0.29) is 41.6 Å². The lowest BCUT2D eigenvalue weighted by Crippen LogP contribution is -2.59. The smallest absolute Gasteiger partial charge is 0.313 e. The van der Waals surface area contributed by atoms with Crippen LogP contribution in [0, 0.1) is 0 Å². The minimum atomic E-state index is -0.603. The SMILES string of the molecule is CCOC(=O)CC(=O)c1ccc(C(=O)N2CCN(c3cccc(Cl)c3)[C@H](C)C2C)cc1Cl. The maximum Gasteiger partial charge on any atom is 0.313 e. The molecule has 0 N–H and O–H groups in total. The fourth-order valence-electron chi connectivity index (χ4n) is 3.93. The first-order valence-electron chi connectivity index (χ1n) is 10.5. The summed E-state index contributed by atoms with van der Waals surface area (Å²) in [6.07, 6.45) is -0.388. The van der Waals surface area contributed by atoms with Gasteiger partial charge in [0.05, 0.1) is 11.6 Å². The van der Waals surface area contributed by atoms with Crippen molar-refractivity contribution >= 4 is 46.5 Å². The Balaban J connectivity index is 1.73. The summed E-state index contributed by atoms with van der Waals surface area (Å²) in [7, 11) is 0. The average Bonchev–Trinajstić information content (AvgIpc) is 2.75. The van der Waals surface area contributed by atoms with Crippen LogP contribution in [-0.4, -0.2) is 54.3 Å². The van der Waals surface area contributed by atoms with Crippen LogP contribution in [0.3, 0.4) is 0 Å². The van der Waals surface area contributed by atoms with Gasteiger partial charge in [0, 0.05) is 47.0 Å². The van der Waals surface area contributed by atoms with Crippen LogP contribution in [0.5, 0.6) is 0 Å². The third-order valence-corrected chi connectivity index (χ3v) is 6.34. The molecule has 170 valence electrons. The highest BCUT2D eigenvalue weighted by Crippen LogP contribution is 2.28. The Kier molecular flexibility index (Phi) is 7.80. The third kappa shape index (κ3) is 5.25. The number of hydrogen-bond donors (Lipinski definition) is 0. The summed E-state index contributed by atoms with van der Waals surface area (Å²) in [6, 6.07) is 12.3. The molecule has 1 aliphatic rings. The van der Waals surface area contributed by atoms with E-state index in [2.05, 4.69) is 11.8 Å². The number of carbonyl (C=O) groups excluding carboxylic acids is 3. The number of nitrogens with zero attached hydrogens (tertiary/aromatic N) is 2. The molecule has 0 aliphatic carbocycles. The minimum absolute atomic E-state index is 0.0564. The minimum Gasteiger partial charge on any atom is -0.466 e. The van der Waals surface area contributed by atoms with E-state index in [0.29, 0.717) is 23.7 Å². The highest BCUT2D eigenvalue weighted by Gasteiger charge is 2.34. The molecular weight excluding hydrogens is 451 g/mol. The Morgan fingerprint density at radius 3 is 2.44 bits per heavy atom. The van der Waals surface area contributed by atoms with Crippen LogP contribution >= 0.6 is 23.2 Å². The average molecular weight is 477 g/mol. The van der Waals surface area contributed by atoms with Crippen LogP contribution in [-0.2, 0) is 9.53 Å². The Labute approximate surface area is 198 Å². The maximum absolute atomic E-state index is 13.2. The molecule has 2 atom stereocenters. The lowest BCUT2D eigenvalue weighted by molar-refractivity contribution is -0.141. The fourth-order valence-corrected chi connectivity index (χ4v) is 4.40. The Hall–Kier alpha value is -2.57. The van der Waals surface area contributed by atoms with Crippen molar-refractivity contribution < 1.29 is 19.1 Å². The fraction of sp³-hybridized carbons (Fsp3) is 0.375. The number of benzene rings is 2. The van der Waals surface area contributed by atoms with Gasteiger partial charge in [-0.2, -0.15) is 0 Å². The van der Waals surface area contributed by atoms with Gasteiger partial charge < -0.3 is 14.5 Å². The highest BCUT2D eigenvalue weighted by molar-refractivity contribution is 6.34. The van der Waals surface area contributed by atoms with Crippen molar-refractivity contribution in [1.82, 2.24) is 4.90 Å². The van der Waals surface area contributed by atoms with Crippen molar-refractivity contribution in [2.75, 3.05) is 24.6 Å². The largest absolute Gasteiger partial charge is 0.466 e. The number of piperazine rings is 1. The quantitative estimate of drug-likeness (QED) is 0.338. The standard InChI is InChI=1S/C24H26Cl2N2O4/c1-4-32-23(30)14-22(29)20-9-8-17(12-21(20)26)24(31)28-11-10-27(15(2)16(28)3)19-7-5-6-18(25)13-19/h5-9,12-13,15-16H,4,10-11,14H2,1-3H3/t15-,16?/m1/s1. The molecule has 0 bridgehead atoms. The molecule has 2 aromatic carbocycles. The van der Waals surface area contributed by atoms with Gasteiger partial charge in [-0.05, 0) is 57.2 Å². The van der Waals surface area contributed by atoms with Crippen LogP contribution < -0.4 is 4.90 Å². The second kappa shape index (κ2) is 10.4. The molecule has 1 saturated heterocycles. The molecule has 32 heavy (non-hydrogen) atoms. The summed E-state index contributed by atoms with van der Waals surface area (Å²) < 4.78 is 4.81. The highest BCUT2D eigenvalue weighted by atomic mass is 35.5. The number of carbonyl (C=O) groups is 3. The van der Waals surface area contributed by atoms with E-state index >= 15 is 0 Å². The zero-order valence-corrected chi connectivity index (χ0v) is 19.8. The van der Waals surface area contributed by atoms with Crippen LogP contribution in [0.25, 0.3) is 0 Å². The molecule has 1 heterocycles. The number of esters is 1. The lowest BCUT2D eigenvalue weighted by atomic mass is 10.0. The molecule has 0 radical (unpaired) electrons. The molecule has 1 unspecified atom stereocenters. The number of hydrogen-bond acceptors (Lipinski definition) is 5. The number of ether oxygens (including phenoxy) is 1. The number of rotatable bonds is 6. The van der Waals surface area contributed by atoms with Gasteiger partial charge in [-0.15, -0.1) is 0 Å². The molecule has 0 spiro atoms. The van der Waals surface area contributed by atoms with Crippen LogP contribution in [0.1, 0.15) is 47.9 Å². The summed E-state index contributed by atoms with van der Waals surface area (Å²) in [5.41, 5.74) is 1.62. The van der Waals surface area contributed by atoms with Crippen molar-refractivity contribution in [3.8, 4) is 0 Å². The zero-order valence-electron chi connectivity index (χ0n) is 18.3. The summed E-state index contributed by atoms with van der Waals surface area (Å²) in [6.45, 7) is 7.17. The molecule has 0 aromatic heterocycles. The molecule has 2 aromatic rings. The van der Waals surface area contributed by atoms with Crippen molar-refractivity contribution in [1.29, 1.82) is 0 Å². The number of anilines is 1. The van der Waals surface area contributed by atoms with E-state index in [1.54, 1.807) is 13.0 Å². The first kappa shape index (κ1) is 24.1. The molecule has 1 amide bonds. The molecule has 6 nitrogen and oxygen atoms in total. The van der Waals surface area contributed by atoms with Crippen LogP contribution in [0.2, 0.25) is 10.0 Å². The summed E-state index contributed by atoms with van der Waals surface area (Å²) in [4.78, 5) is 41.2. The summed E-state index contributed by atoms with van der Waals surface area (Å²) >= 11 is 12.4. The van der Waals surface area contributed by atoms with Gasteiger partial charge in [0.25, 0.3) is 5.91 Å². The molecule has 8 heteroatoms. The predicted molar refractivity (Wildman–Crippen MR) is 126 cm³/mol.